The fraction of sp³-hybridized carbons (Fsp3) is 0.579. The van der Waals surface area contributed by atoms with Crippen LogP contribution in [-0.4, -0.2) is 64.8 Å². The van der Waals surface area contributed by atoms with Gasteiger partial charge in [0.1, 0.15) is 11.8 Å². The van der Waals surface area contributed by atoms with Gasteiger partial charge < -0.3 is 14.4 Å². The molecule has 1 heterocycles. The summed E-state index contributed by atoms with van der Waals surface area (Å²) in [4.78, 5) is 26.5. The van der Waals surface area contributed by atoms with Crippen LogP contribution < -0.4 is 9.04 Å². The summed E-state index contributed by atoms with van der Waals surface area (Å²) in [6, 6.07) is 5.72. The van der Waals surface area contributed by atoms with Gasteiger partial charge in [0, 0.05) is 13.1 Å². The molecule has 28 heavy (non-hydrogen) atoms. The number of ether oxygens (including phenoxy) is 2. The summed E-state index contributed by atoms with van der Waals surface area (Å²) in [6.45, 7) is 2.58. The minimum Gasteiger partial charge on any atom is -0.497 e. The van der Waals surface area contributed by atoms with E-state index in [-0.39, 0.29) is 17.8 Å². The average molecular weight is 413 g/mol. The minimum atomic E-state index is -3.69. The Labute approximate surface area is 166 Å². The second-order valence-corrected chi connectivity index (χ2v) is 8.66. The zero-order chi connectivity index (χ0) is 20.9. The van der Waals surface area contributed by atoms with Crippen LogP contribution in [0.4, 0.5) is 5.69 Å². The van der Waals surface area contributed by atoms with Crippen LogP contribution in [0.5, 0.6) is 5.75 Å². The van der Waals surface area contributed by atoms with Crippen LogP contribution >= 0.6 is 0 Å². The molecule has 0 N–H and O–H groups in total. The Morgan fingerprint density at radius 2 is 1.75 bits per heavy atom. The van der Waals surface area contributed by atoms with Crippen molar-refractivity contribution < 1.29 is 27.5 Å². The predicted molar refractivity (Wildman–Crippen MR) is 106 cm³/mol. The first kappa shape index (κ1) is 22.0. The third-order valence-electron chi connectivity index (χ3n) is 4.98. The molecule has 1 amide bonds. The first-order chi connectivity index (χ1) is 13.2. The Bertz CT molecular complexity index is 785. The van der Waals surface area contributed by atoms with E-state index in [0.29, 0.717) is 43.8 Å². The summed E-state index contributed by atoms with van der Waals surface area (Å²) in [5.41, 5.74) is 0.410. The van der Waals surface area contributed by atoms with Gasteiger partial charge in [-0.25, -0.2) is 8.42 Å². The second-order valence-electron chi connectivity index (χ2n) is 6.80. The van der Waals surface area contributed by atoms with Gasteiger partial charge in [0.05, 0.1) is 32.1 Å². The van der Waals surface area contributed by atoms with Gasteiger partial charge in [-0.1, -0.05) is 6.92 Å². The van der Waals surface area contributed by atoms with E-state index < -0.39 is 16.1 Å². The lowest BCUT2D eigenvalue weighted by Crippen LogP contribution is -2.52. The van der Waals surface area contributed by atoms with Crippen LogP contribution in [0.1, 0.15) is 26.2 Å². The number of hydrogen-bond acceptors (Lipinski definition) is 6. The summed E-state index contributed by atoms with van der Waals surface area (Å²) >= 11 is 0. The van der Waals surface area contributed by atoms with Crippen LogP contribution in [0.15, 0.2) is 24.3 Å². The van der Waals surface area contributed by atoms with E-state index in [1.54, 1.807) is 36.1 Å². The number of piperidine rings is 1. The van der Waals surface area contributed by atoms with Gasteiger partial charge in [0.25, 0.3) is 0 Å². The number of hydrogen-bond donors (Lipinski definition) is 0. The van der Waals surface area contributed by atoms with Crippen molar-refractivity contribution in [2.45, 2.75) is 32.2 Å². The molecule has 0 spiro atoms. The SMILES string of the molecule is CC[C@H](C(=O)N1CCC(C(=O)OC)CC1)N(c1ccc(OC)cc1)S(C)(=O)=O. The zero-order valence-corrected chi connectivity index (χ0v) is 17.6. The smallest absolute Gasteiger partial charge is 0.308 e. The molecule has 0 aromatic heterocycles. The molecule has 0 bridgehead atoms. The van der Waals surface area contributed by atoms with Crippen LogP contribution in [0.3, 0.4) is 0 Å². The largest absolute Gasteiger partial charge is 0.497 e. The Hall–Kier alpha value is -2.29. The zero-order valence-electron chi connectivity index (χ0n) is 16.8. The van der Waals surface area contributed by atoms with Crippen LogP contribution in [-0.2, 0) is 24.3 Å². The summed E-state index contributed by atoms with van der Waals surface area (Å²) in [7, 11) is -0.809. The van der Waals surface area contributed by atoms with Crippen molar-refractivity contribution in [2.24, 2.45) is 5.92 Å². The van der Waals surface area contributed by atoms with Gasteiger partial charge in [-0.15, -0.1) is 0 Å². The van der Waals surface area contributed by atoms with E-state index in [1.165, 1.54) is 18.5 Å². The molecule has 1 aromatic rings. The van der Waals surface area contributed by atoms with Gasteiger partial charge in [-0.2, -0.15) is 0 Å². The lowest BCUT2D eigenvalue weighted by molar-refractivity contribution is -0.149. The number of sulfonamides is 1. The number of methoxy groups -OCH3 is 2. The van der Waals surface area contributed by atoms with E-state index in [0.717, 1.165) is 6.26 Å². The molecule has 1 aliphatic rings. The topological polar surface area (TPSA) is 93.2 Å². The predicted octanol–water partition coefficient (Wildman–Crippen LogP) is 1.65. The number of likely N-dealkylation sites (tertiary alicyclic amines) is 1. The maximum atomic E-state index is 13.1. The molecule has 1 fully saturated rings. The summed E-state index contributed by atoms with van der Waals surface area (Å²) < 4.78 is 36.1. The van der Waals surface area contributed by atoms with E-state index in [1.807, 2.05) is 0 Å². The van der Waals surface area contributed by atoms with Gasteiger partial charge in [0.15, 0.2) is 0 Å². The van der Waals surface area contributed by atoms with E-state index in [4.69, 9.17) is 9.47 Å². The molecule has 1 atom stereocenters. The number of carbonyl (C=O) groups is 2. The molecule has 1 aromatic carbocycles. The maximum Gasteiger partial charge on any atom is 0.308 e. The monoisotopic (exact) mass is 412 g/mol. The highest BCUT2D eigenvalue weighted by Gasteiger charge is 2.36. The molecule has 0 saturated carbocycles. The molecule has 156 valence electrons. The van der Waals surface area contributed by atoms with Crippen molar-refractivity contribution >= 4 is 27.6 Å². The first-order valence-corrected chi connectivity index (χ1v) is 11.1. The van der Waals surface area contributed by atoms with Crippen LogP contribution in [0.25, 0.3) is 0 Å². The standard InChI is InChI=1S/C19H28N2O6S/c1-5-17(18(22)20-12-10-14(11-13-20)19(23)27-3)21(28(4,24)25)15-6-8-16(26-2)9-7-15/h6-9,14,17H,5,10-13H2,1-4H3/t17-/m1/s1. The number of amides is 1. The van der Waals surface area contributed by atoms with Crippen LogP contribution in [0, 0.1) is 5.92 Å². The number of esters is 1. The third kappa shape index (κ3) is 4.95. The second kappa shape index (κ2) is 9.27. The highest BCUT2D eigenvalue weighted by molar-refractivity contribution is 7.92. The Kier molecular flexibility index (Phi) is 7.29. The molecule has 0 radical (unpaired) electrons. The Balaban J connectivity index is 2.23. The van der Waals surface area contributed by atoms with Crippen molar-refractivity contribution in [3.8, 4) is 5.75 Å². The molecule has 9 heteroatoms. The van der Waals surface area contributed by atoms with Crippen LogP contribution in [0.2, 0.25) is 0 Å². The molecule has 0 unspecified atom stereocenters. The number of carbonyl (C=O) groups excluding carboxylic acids is 2. The molecule has 1 aliphatic heterocycles. The lowest BCUT2D eigenvalue weighted by atomic mass is 9.96. The van der Waals surface area contributed by atoms with Gasteiger partial charge >= 0.3 is 5.97 Å². The van der Waals surface area contributed by atoms with Crippen molar-refractivity contribution in [3.63, 3.8) is 0 Å². The van der Waals surface area contributed by atoms with Crippen molar-refractivity contribution in [1.29, 1.82) is 0 Å². The third-order valence-corrected chi connectivity index (χ3v) is 6.16. The summed E-state index contributed by atoms with van der Waals surface area (Å²) in [5, 5.41) is 0. The quantitative estimate of drug-likeness (QED) is 0.632. The first-order valence-electron chi connectivity index (χ1n) is 9.23. The van der Waals surface area contributed by atoms with E-state index in [9.17, 15) is 18.0 Å². The van der Waals surface area contributed by atoms with Crippen molar-refractivity contribution in [3.05, 3.63) is 24.3 Å². The fourth-order valence-electron chi connectivity index (χ4n) is 3.49. The van der Waals surface area contributed by atoms with E-state index >= 15 is 0 Å². The minimum absolute atomic E-state index is 0.221. The summed E-state index contributed by atoms with van der Waals surface area (Å²) in [6.07, 6.45) is 2.44. The van der Waals surface area contributed by atoms with E-state index in [2.05, 4.69) is 0 Å². The molecule has 1 saturated heterocycles. The Morgan fingerprint density at radius 3 is 2.18 bits per heavy atom. The fourth-order valence-corrected chi connectivity index (χ4v) is 4.69. The van der Waals surface area contributed by atoms with Gasteiger partial charge in [-0.05, 0) is 43.5 Å². The summed E-state index contributed by atoms with van der Waals surface area (Å²) in [5.74, 6) is -0.148. The van der Waals surface area contributed by atoms with Crippen molar-refractivity contribution in [2.75, 3.05) is 37.9 Å². The maximum absolute atomic E-state index is 13.1. The highest BCUT2D eigenvalue weighted by atomic mass is 32.2. The normalized spacial score (nSPS) is 16.4. The molecular formula is C19H28N2O6S. The van der Waals surface area contributed by atoms with Gasteiger partial charge in [0.2, 0.25) is 15.9 Å². The molecule has 0 aliphatic carbocycles. The number of anilines is 1. The number of rotatable bonds is 7. The van der Waals surface area contributed by atoms with Crippen molar-refractivity contribution in [1.82, 2.24) is 4.90 Å². The number of nitrogens with zero attached hydrogens (tertiary/aromatic N) is 2. The highest BCUT2D eigenvalue weighted by Crippen LogP contribution is 2.27. The molecule has 2 rings (SSSR count). The van der Waals surface area contributed by atoms with Gasteiger partial charge in [-0.3, -0.25) is 13.9 Å². The Morgan fingerprint density at radius 1 is 1.18 bits per heavy atom. The lowest BCUT2D eigenvalue weighted by Gasteiger charge is -2.37. The number of benzene rings is 1. The molecular weight excluding hydrogens is 384 g/mol. The average Bonchev–Trinajstić information content (AvgIpc) is 2.70. The molecule has 8 nitrogen and oxygen atoms in total.